The van der Waals surface area contributed by atoms with E-state index in [2.05, 4.69) is 5.32 Å². The summed E-state index contributed by atoms with van der Waals surface area (Å²) in [5.41, 5.74) is 1.92. The Morgan fingerprint density at radius 2 is 2.19 bits per heavy atom. The standard InChI is InChI=1S/C15H24N2O2S2/c1-4-16-10-14-6-5-7-15(13(14)3)21(18,19)17-8-9-20-11-12(17)2/h5-7,12,16H,4,8-11H2,1-3H3. The van der Waals surface area contributed by atoms with Gasteiger partial charge in [0.2, 0.25) is 10.0 Å². The molecule has 1 aromatic carbocycles. The first-order valence-electron chi connectivity index (χ1n) is 7.37. The van der Waals surface area contributed by atoms with Crippen molar-refractivity contribution in [3.63, 3.8) is 0 Å². The lowest BCUT2D eigenvalue weighted by Gasteiger charge is -2.32. The molecule has 0 amide bonds. The van der Waals surface area contributed by atoms with E-state index in [-0.39, 0.29) is 6.04 Å². The van der Waals surface area contributed by atoms with Crippen LogP contribution in [-0.4, -0.2) is 43.4 Å². The second kappa shape index (κ2) is 7.13. The monoisotopic (exact) mass is 328 g/mol. The average Bonchev–Trinajstić information content (AvgIpc) is 2.46. The zero-order chi connectivity index (χ0) is 15.5. The van der Waals surface area contributed by atoms with Gasteiger partial charge in [-0.25, -0.2) is 8.42 Å². The number of nitrogens with one attached hydrogen (secondary N) is 1. The Kier molecular flexibility index (Phi) is 5.71. The SMILES string of the molecule is CCNCc1cccc(S(=O)(=O)N2CCSCC2C)c1C. The van der Waals surface area contributed by atoms with Crippen molar-refractivity contribution in [2.75, 3.05) is 24.6 Å². The topological polar surface area (TPSA) is 49.4 Å². The molecule has 1 fully saturated rings. The Morgan fingerprint density at radius 1 is 1.43 bits per heavy atom. The van der Waals surface area contributed by atoms with Gasteiger partial charge in [-0.2, -0.15) is 16.1 Å². The number of hydrogen-bond acceptors (Lipinski definition) is 4. The van der Waals surface area contributed by atoms with Crippen LogP contribution in [0.5, 0.6) is 0 Å². The lowest BCUT2D eigenvalue weighted by molar-refractivity contribution is 0.367. The number of sulfonamides is 1. The van der Waals surface area contributed by atoms with E-state index in [9.17, 15) is 8.42 Å². The van der Waals surface area contributed by atoms with Crippen molar-refractivity contribution in [2.45, 2.75) is 38.3 Å². The summed E-state index contributed by atoms with van der Waals surface area (Å²) in [4.78, 5) is 0.455. The van der Waals surface area contributed by atoms with E-state index in [0.29, 0.717) is 18.0 Å². The third kappa shape index (κ3) is 3.62. The summed E-state index contributed by atoms with van der Waals surface area (Å²) in [6.45, 7) is 8.12. The second-order valence-corrected chi connectivity index (χ2v) is 8.37. The second-order valence-electron chi connectivity index (χ2n) is 5.36. The van der Waals surface area contributed by atoms with Crippen LogP contribution in [0.4, 0.5) is 0 Å². The Hall–Kier alpha value is -0.560. The molecule has 0 bridgehead atoms. The van der Waals surface area contributed by atoms with Crippen molar-refractivity contribution < 1.29 is 8.42 Å². The number of hydrogen-bond donors (Lipinski definition) is 1. The van der Waals surface area contributed by atoms with Gasteiger partial charge in [-0.05, 0) is 37.6 Å². The number of benzene rings is 1. The lowest BCUT2D eigenvalue weighted by Crippen LogP contribution is -2.44. The van der Waals surface area contributed by atoms with Crippen LogP contribution in [0.3, 0.4) is 0 Å². The van der Waals surface area contributed by atoms with E-state index in [1.54, 1.807) is 10.4 Å². The van der Waals surface area contributed by atoms with Crippen LogP contribution >= 0.6 is 11.8 Å². The highest BCUT2D eigenvalue weighted by molar-refractivity contribution is 7.99. The molecule has 2 rings (SSSR count). The molecule has 6 heteroatoms. The Morgan fingerprint density at radius 3 is 2.86 bits per heavy atom. The molecule has 1 aromatic rings. The van der Waals surface area contributed by atoms with Crippen LogP contribution in [-0.2, 0) is 16.6 Å². The third-order valence-electron chi connectivity index (χ3n) is 3.86. The average molecular weight is 329 g/mol. The van der Waals surface area contributed by atoms with E-state index >= 15 is 0 Å². The molecule has 0 saturated carbocycles. The van der Waals surface area contributed by atoms with Crippen LogP contribution in [0.15, 0.2) is 23.1 Å². The molecule has 1 aliphatic heterocycles. The number of thioether (sulfide) groups is 1. The molecule has 118 valence electrons. The highest BCUT2D eigenvalue weighted by Crippen LogP contribution is 2.27. The Bertz CT molecular complexity index is 587. The van der Waals surface area contributed by atoms with Crippen molar-refractivity contribution in [1.82, 2.24) is 9.62 Å². The van der Waals surface area contributed by atoms with E-state index in [1.165, 1.54) is 0 Å². The molecule has 1 N–H and O–H groups in total. The van der Waals surface area contributed by atoms with Gasteiger partial charge in [0, 0.05) is 30.6 Å². The molecule has 0 radical (unpaired) electrons. The van der Waals surface area contributed by atoms with Gasteiger partial charge < -0.3 is 5.32 Å². The van der Waals surface area contributed by atoms with Crippen molar-refractivity contribution in [2.24, 2.45) is 0 Å². The number of rotatable bonds is 5. The van der Waals surface area contributed by atoms with Crippen LogP contribution < -0.4 is 5.32 Å². The van der Waals surface area contributed by atoms with Gasteiger partial charge in [0.05, 0.1) is 4.90 Å². The fourth-order valence-corrected chi connectivity index (χ4v) is 5.71. The molecule has 0 spiro atoms. The fourth-order valence-electron chi connectivity index (χ4n) is 2.59. The molecule has 0 aliphatic carbocycles. The number of nitrogens with zero attached hydrogens (tertiary/aromatic N) is 1. The summed E-state index contributed by atoms with van der Waals surface area (Å²) in [5.74, 6) is 1.75. The van der Waals surface area contributed by atoms with Crippen molar-refractivity contribution >= 4 is 21.8 Å². The smallest absolute Gasteiger partial charge is 0.243 e. The maximum absolute atomic E-state index is 12.9. The summed E-state index contributed by atoms with van der Waals surface area (Å²) in [7, 11) is -3.40. The van der Waals surface area contributed by atoms with Gasteiger partial charge in [-0.1, -0.05) is 19.1 Å². The van der Waals surface area contributed by atoms with Gasteiger partial charge in [0.1, 0.15) is 0 Å². The zero-order valence-electron chi connectivity index (χ0n) is 12.9. The fraction of sp³-hybridized carbons (Fsp3) is 0.600. The Balaban J connectivity index is 2.35. The third-order valence-corrected chi connectivity index (χ3v) is 7.20. The quantitative estimate of drug-likeness (QED) is 0.900. The molecule has 1 aliphatic rings. The summed E-state index contributed by atoms with van der Waals surface area (Å²) < 4.78 is 27.5. The first-order chi connectivity index (χ1) is 9.98. The summed E-state index contributed by atoms with van der Waals surface area (Å²) in [6, 6.07) is 5.63. The lowest BCUT2D eigenvalue weighted by atomic mass is 10.1. The maximum Gasteiger partial charge on any atom is 0.243 e. The molecule has 1 heterocycles. The maximum atomic E-state index is 12.9. The van der Waals surface area contributed by atoms with Gasteiger partial charge in [0.25, 0.3) is 0 Å². The molecule has 0 aromatic heterocycles. The van der Waals surface area contributed by atoms with Gasteiger partial charge in [-0.3, -0.25) is 0 Å². The molecule has 4 nitrogen and oxygen atoms in total. The van der Waals surface area contributed by atoms with Crippen molar-refractivity contribution in [1.29, 1.82) is 0 Å². The largest absolute Gasteiger partial charge is 0.313 e. The minimum atomic E-state index is -3.40. The van der Waals surface area contributed by atoms with Crippen LogP contribution in [0.2, 0.25) is 0 Å². The molecule has 21 heavy (non-hydrogen) atoms. The van der Waals surface area contributed by atoms with E-state index < -0.39 is 10.0 Å². The highest BCUT2D eigenvalue weighted by atomic mass is 32.2. The molecule has 1 saturated heterocycles. The van der Waals surface area contributed by atoms with Crippen LogP contribution in [0, 0.1) is 6.92 Å². The first-order valence-corrected chi connectivity index (χ1v) is 9.96. The predicted molar refractivity (Wildman–Crippen MR) is 89.2 cm³/mol. The zero-order valence-corrected chi connectivity index (χ0v) is 14.6. The molecule has 1 atom stereocenters. The molecular formula is C15H24N2O2S2. The minimum absolute atomic E-state index is 0.0607. The summed E-state index contributed by atoms with van der Waals surface area (Å²) in [5, 5.41) is 3.26. The van der Waals surface area contributed by atoms with Crippen molar-refractivity contribution in [3.8, 4) is 0 Å². The van der Waals surface area contributed by atoms with E-state index in [4.69, 9.17) is 0 Å². The highest BCUT2D eigenvalue weighted by Gasteiger charge is 2.32. The minimum Gasteiger partial charge on any atom is -0.313 e. The van der Waals surface area contributed by atoms with Gasteiger partial charge in [0.15, 0.2) is 0 Å². The van der Waals surface area contributed by atoms with Crippen LogP contribution in [0.25, 0.3) is 0 Å². The predicted octanol–water partition coefficient (Wildman–Crippen LogP) is 2.23. The van der Waals surface area contributed by atoms with E-state index in [1.807, 2.05) is 44.7 Å². The van der Waals surface area contributed by atoms with Gasteiger partial charge >= 0.3 is 0 Å². The summed E-state index contributed by atoms with van der Waals surface area (Å²) in [6.07, 6.45) is 0. The molecule has 1 unspecified atom stereocenters. The molecular weight excluding hydrogens is 304 g/mol. The Labute approximate surface area is 132 Å². The summed E-state index contributed by atoms with van der Waals surface area (Å²) >= 11 is 1.82. The van der Waals surface area contributed by atoms with Crippen molar-refractivity contribution in [3.05, 3.63) is 29.3 Å². The first kappa shape index (κ1) is 16.8. The van der Waals surface area contributed by atoms with E-state index in [0.717, 1.165) is 29.2 Å². The van der Waals surface area contributed by atoms with Gasteiger partial charge in [-0.15, -0.1) is 0 Å². The van der Waals surface area contributed by atoms with Crippen LogP contribution in [0.1, 0.15) is 25.0 Å². The normalized spacial score (nSPS) is 20.6.